The molecule has 0 radical (unpaired) electrons. The summed E-state index contributed by atoms with van der Waals surface area (Å²) in [6, 6.07) is -1.97. The van der Waals surface area contributed by atoms with Gasteiger partial charge in [-0.05, 0) is 66.3 Å². The predicted octanol–water partition coefficient (Wildman–Crippen LogP) is 5.37. The van der Waals surface area contributed by atoms with Gasteiger partial charge in [-0.2, -0.15) is 18.4 Å². The Labute approximate surface area is 381 Å². The predicted molar refractivity (Wildman–Crippen MR) is 235 cm³/mol. The number of nitrogens with one attached hydrogen (secondary N) is 3. The lowest BCUT2D eigenvalue weighted by atomic mass is 9.97. The number of nitriles is 1. The van der Waals surface area contributed by atoms with Crippen molar-refractivity contribution >= 4 is 74.4 Å². The first-order valence-corrected chi connectivity index (χ1v) is 22.5. The van der Waals surface area contributed by atoms with Gasteiger partial charge in [0, 0.05) is 40.4 Å². The Morgan fingerprint density at radius 2 is 1.27 bits per heavy atom. The van der Waals surface area contributed by atoms with Crippen LogP contribution in [0, 0.1) is 29.1 Å². The summed E-state index contributed by atoms with van der Waals surface area (Å²) in [5, 5.41) is 19.9. The molecule has 1 saturated heterocycles. The maximum absolute atomic E-state index is 14.7. The highest BCUT2D eigenvalue weighted by Crippen LogP contribution is 2.33. The number of halogens is 4. The number of thiophene rings is 1. The zero-order valence-electron chi connectivity index (χ0n) is 38.0. The second kappa shape index (κ2) is 23.3. The number of nitrogens with zero attached hydrogens (tertiary/aromatic N) is 4. The molecular formula is C44H61ClF3N7O8S. The molecule has 64 heavy (non-hydrogen) atoms. The zero-order valence-corrected chi connectivity index (χ0v) is 39.6. The van der Waals surface area contributed by atoms with Crippen LogP contribution in [0.1, 0.15) is 92.6 Å². The SMILES string of the molecule is CC(C)C[C@@H]1NC(=O)[C@H](Cc2csc3c(Cl)cccc23)N(C)C(=O)[C@H](CC(C)C)NC(=O)[C@H](CC(C)C)N(C)C(=O)[C@H](CC(F)(F)F)NC(=O)[C@@H](CCC#N)OC(=O)[C@H](C)N(C)C1=O. The van der Waals surface area contributed by atoms with Crippen molar-refractivity contribution in [3.05, 3.63) is 34.2 Å². The molecule has 0 aliphatic carbocycles. The average molecular weight is 941 g/mol. The van der Waals surface area contributed by atoms with Gasteiger partial charge in [0.15, 0.2) is 6.10 Å². The first-order valence-electron chi connectivity index (χ1n) is 21.3. The number of rotatable bonds is 11. The van der Waals surface area contributed by atoms with Crippen LogP contribution < -0.4 is 16.0 Å². The lowest BCUT2D eigenvalue weighted by molar-refractivity contribution is -0.166. The van der Waals surface area contributed by atoms with Gasteiger partial charge in [0.1, 0.15) is 36.3 Å². The number of esters is 1. The summed E-state index contributed by atoms with van der Waals surface area (Å²) in [7, 11) is 3.77. The van der Waals surface area contributed by atoms with Crippen LogP contribution in [0.15, 0.2) is 23.6 Å². The monoisotopic (exact) mass is 939 g/mol. The minimum atomic E-state index is -5.01. The Hall–Kier alpha value is -4.96. The van der Waals surface area contributed by atoms with Crippen molar-refractivity contribution in [2.75, 3.05) is 21.1 Å². The molecule has 1 fully saturated rings. The van der Waals surface area contributed by atoms with E-state index in [0.717, 1.165) is 26.9 Å². The van der Waals surface area contributed by atoms with Crippen molar-refractivity contribution in [1.82, 2.24) is 30.7 Å². The minimum Gasteiger partial charge on any atom is -0.451 e. The molecule has 0 bridgehead atoms. The van der Waals surface area contributed by atoms with Crippen LogP contribution in [0.25, 0.3) is 10.1 Å². The molecule has 0 saturated carbocycles. The molecule has 1 aliphatic heterocycles. The van der Waals surface area contributed by atoms with Crippen molar-refractivity contribution < 1.29 is 51.5 Å². The van der Waals surface area contributed by atoms with Crippen molar-refractivity contribution in [2.45, 2.75) is 142 Å². The molecule has 20 heteroatoms. The third-order valence-corrected chi connectivity index (χ3v) is 12.5. The summed E-state index contributed by atoms with van der Waals surface area (Å²) in [6.07, 6.45) is -9.61. The number of hydrogen-bond acceptors (Lipinski definition) is 10. The largest absolute Gasteiger partial charge is 0.451 e. The molecule has 3 N–H and O–H groups in total. The molecule has 0 unspecified atom stereocenters. The molecule has 3 rings (SSSR count). The minimum absolute atomic E-state index is 0.0499. The maximum Gasteiger partial charge on any atom is 0.391 e. The summed E-state index contributed by atoms with van der Waals surface area (Å²) >= 11 is 7.84. The Bertz CT molecular complexity index is 2060. The van der Waals surface area contributed by atoms with Gasteiger partial charge in [-0.15, -0.1) is 11.3 Å². The molecular weight excluding hydrogens is 879 g/mol. The summed E-state index contributed by atoms with van der Waals surface area (Å²) in [6.45, 7) is 11.9. The van der Waals surface area contributed by atoms with Crippen molar-refractivity contribution in [1.29, 1.82) is 5.26 Å². The fourth-order valence-corrected chi connectivity index (χ4v) is 8.72. The van der Waals surface area contributed by atoms with Gasteiger partial charge in [0.2, 0.25) is 29.5 Å². The molecule has 0 spiro atoms. The van der Waals surface area contributed by atoms with Gasteiger partial charge < -0.3 is 35.4 Å². The Morgan fingerprint density at radius 1 is 0.766 bits per heavy atom. The van der Waals surface area contributed by atoms with E-state index in [0.29, 0.717) is 10.6 Å². The number of ether oxygens (including phenoxy) is 1. The first-order chi connectivity index (χ1) is 29.8. The van der Waals surface area contributed by atoms with Gasteiger partial charge >= 0.3 is 12.1 Å². The van der Waals surface area contributed by atoms with Crippen molar-refractivity contribution in [2.24, 2.45) is 17.8 Å². The molecule has 1 aromatic heterocycles. The molecule has 2 aromatic rings. The van der Waals surface area contributed by atoms with Gasteiger partial charge in [0.05, 0.1) is 22.2 Å². The lowest BCUT2D eigenvalue weighted by Gasteiger charge is -2.35. The van der Waals surface area contributed by atoms with Crippen molar-refractivity contribution in [3.8, 4) is 6.07 Å². The van der Waals surface area contributed by atoms with E-state index in [1.54, 1.807) is 45.9 Å². The number of amides is 6. The van der Waals surface area contributed by atoms with Crippen LogP contribution in [-0.2, 0) is 44.7 Å². The van der Waals surface area contributed by atoms with E-state index in [1.807, 2.05) is 30.6 Å². The Kier molecular flexibility index (Phi) is 19.4. The van der Waals surface area contributed by atoms with Gasteiger partial charge in [-0.1, -0.05) is 65.3 Å². The van der Waals surface area contributed by atoms with Crippen LogP contribution in [0.2, 0.25) is 5.02 Å². The number of hydrogen-bond donors (Lipinski definition) is 3. The van der Waals surface area contributed by atoms with Crippen LogP contribution in [0.5, 0.6) is 0 Å². The van der Waals surface area contributed by atoms with Crippen molar-refractivity contribution in [3.63, 3.8) is 0 Å². The quantitative estimate of drug-likeness (QED) is 0.248. The highest BCUT2D eigenvalue weighted by molar-refractivity contribution is 7.18. The van der Waals surface area contributed by atoms with Crippen LogP contribution in [-0.4, -0.2) is 126 Å². The molecule has 1 aromatic carbocycles. The smallest absolute Gasteiger partial charge is 0.391 e. The Balaban J connectivity index is 2.29. The molecule has 354 valence electrons. The van der Waals surface area contributed by atoms with E-state index < -0.39 is 103 Å². The third kappa shape index (κ3) is 14.5. The van der Waals surface area contributed by atoms with Gasteiger partial charge in [-0.25, -0.2) is 4.79 Å². The molecule has 15 nitrogen and oxygen atoms in total. The lowest BCUT2D eigenvalue weighted by Crippen LogP contribution is -2.60. The topological polar surface area (TPSA) is 198 Å². The van der Waals surface area contributed by atoms with Gasteiger partial charge in [-0.3, -0.25) is 28.8 Å². The highest BCUT2D eigenvalue weighted by Gasteiger charge is 2.43. The summed E-state index contributed by atoms with van der Waals surface area (Å²) in [4.78, 5) is 102. The fourth-order valence-electron chi connectivity index (χ4n) is 7.42. The van der Waals surface area contributed by atoms with Crippen LogP contribution in [0.4, 0.5) is 13.2 Å². The summed E-state index contributed by atoms with van der Waals surface area (Å²) in [5.74, 6) is -7.55. The zero-order chi connectivity index (χ0) is 48.4. The molecule has 7 atom stereocenters. The second-order valence-electron chi connectivity index (χ2n) is 17.7. The first kappa shape index (κ1) is 53.4. The summed E-state index contributed by atoms with van der Waals surface area (Å²) in [5.41, 5.74) is 0.664. The number of alkyl halides is 3. The standard InChI is InChI=1S/C44H61ClF3N7O8S/c1-23(2)17-30-40(59)53(8)26(7)43(62)63-35(15-12-16-49)39(58)52-32(21-44(46,47)48)42(61)54(9)33(19-25(5)6)37(56)51-31(18-24(3)4)41(60)55(10)34(38(57)50-30)20-27-22-64-36-28(27)13-11-14-29(36)45/h11,13-14,22-26,30-35H,12,15,17-21H2,1-10H3,(H,50,57)(H,51,56)(H,52,58)/t26-,30-,31-,32-,33-,34-,35+/m0/s1. The number of cyclic esters (lactones) is 1. The third-order valence-electron chi connectivity index (χ3n) is 11.0. The van der Waals surface area contributed by atoms with E-state index in [1.165, 1.54) is 37.3 Å². The number of benzene rings is 1. The fraction of sp³-hybridized carbons (Fsp3) is 0.636. The second-order valence-corrected chi connectivity index (χ2v) is 18.9. The molecule has 2 heterocycles. The van der Waals surface area contributed by atoms with E-state index in [2.05, 4.69) is 10.6 Å². The molecule has 1 aliphatic rings. The van der Waals surface area contributed by atoms with Crippen LogP contribution >= 0.6 is 22.9 Å². The normalized spacial score (nSPS) is 24.5. The Morgan fingerprint density at radius 3 is 1.80 bits per heavy atom. The van der Waals surface area contributed by atoms with Crippen LogP contribution in [0.3, 0.4) is 0 Å². The maximum atomic E-state index is 14.7. The van der Waals surface area contributed by atoms with Gasteiger partial charge in [0.25, 0.3) is 5.91 Å². The van der Waals surface area contributed by atoms with E-state index >= 15 is 0 Å². The summed E-state index contributed by atoms with van der Waals surface area (Å²) < 4.78 is 48.5. The highest BCUT2D eigenvalue weighted by atomic mass is 35.5. The van der Waals surface area contributed by atoms with E-state index in [9.17, 15) is 52.0 Å². The van der Waals surface area contributed by atoms with E-state index in [4.69, 9.17) is 16.3 Å². The van der Waals surface area contributed by atoms with E-state index in [-0.39, 0.29) is 49.9 Å². The number of carbonyl (C=O) groups is 7. The number of carbonyl (C=O) groups excluding carboxylic acids is 7. The number of fused-ring (bicyclic) bond motifs is 1. The number of likely N-dealkylation sites (N-methyl/N-ethyl adjacent to an activating group) is 3. The average Bonchev–Trinajstić information content (AvgIpc) is 3.63. The molecule has 6 amide bonds.